The molecule has 0 aliphatic carbocycles. The minimum Gasteiger partial charge on any atom is -0.598 e. The summed E-state index contributed by atoms with van der Waals surface area (Å²) < 4.78 is 50.4. The van der Waals surface area contributed by atoms with Gasteiger partial charge >= 0.3 is 0 Å². The van der Waals surface area contributed by atoms with Crippen LogP contribution in [0.25, 0.3) is 0 Å². The van der Waals surface area contributed by atoms with E-state index in [0.717, 1.165) is 57.4 Å². The smallest absolute Gasteiger partial charge is 0.188 e. The molecule has 0 spiro atoms. The van der Waals surface area contributed by atoms with Crippen molar-refractivity contribution in [2.24, 2.45) is 5.41 Å². The summed E-state index contributed by atoms with van der Waals surface area (Å²) in [4.78, 5) is 0. The first-order valence-corrected chi connectivity index (χ1v) is 21.5. The van der Waals surface area contributed by atoms with Gasteiger partial charge in [-0.1, -0.05) is 13.8 Å². The molecular weight excluding hydrogens is 601 g/mol. The predicted molar refractivity (Wildman–Crippen MR) is 183 cm³/mol. The molecule has 0 amide bonds. The maximum Gasteiger partial charge on any atom is 0.188 e. The van der Waals surface area contributed by atoms with Gasteiger partial charge in [0.25, 0.3) is 0 Å². The van der Waals surface area contributed by atoms with Gasteiger partial charge < -0.3 is 28.1 Å². The molecule has 2 aliphatic heterocycles. The summed E-state index contributed by atoms with van der Waals surface area (Å²) in [5.41, 5.74) is 0.0639. The third-order valence-electron chi connectivity index (χ3n) is 8.47. The lowest BCUT2D eigenvalue weighted by Gasteiger charge is -2.37. The summed E-state index contributed by atoms with van der Waals surface area (Å²) in [5, 5.41) is 9.90. The number of aliphatic hydroxyl groups is 1. The standard InChI is InChI=1S/C32H62N2O6S2Si/c1-25(40-43(9,10)24-27(29-16-12-14-22-39-29)34-41(36)30(2,3)4)17-18-31(5,6)19-20-32(7,8)42(37)33-26(23-35)28-15-11-13-21-38-28/h13-14,21-22,25-29,33-35H,11-12,15-20,23-24H2,1-10H3/t25?,26-,27-,28+,29+,41-,42-/m1/s1. The number of nitrogens with one attached hydrogen (secondary N) is 2. The molecule has 11 heteroatoms. The van der Waals surface area contributed by atoms with Crippen molar-refractivity contribution in [2.75, 3.05) is 6.61 Å². The van der Waals surface area contributed by atoms with Gasteiger partial charge in [-0.05, 0) is 130 Å². The fourth-order valence-electron chi connectivity index (χ4n) is 5.42. The van der Waals surface area contributed by atoms with Gasteiger partial charge in [0.15, 0.2) is 8.32 Å². The van der Waals surface area contributed by atoms with E-state index in [-0.39, 0.29) is 47.2 Å². The Balaban J connectivity index is 1.88. The molecule has 7 atom stereocenters. The van der Waals surface area contributed by atoms with E-state index < -0.39 is 35.8 Å². The van der Waals surface area contributed by atoms with Gasteiger partial charge in [-0.3, -0.25) is 0 Å². The summed E-state index contributed by atoms with van der Waals surface area (Å²) in [6.45, 7) is 21.2. The highest BCUT2D eigenvalue weighted by Gasteiger charge is 2.40. The van der Waals surface area contributed by atoms with Crippen LogP contribution in [0.4, 0.5) is 0 Å². The van der Waals surface area contributed by atoms with Crippen molar-refractivity contribution in [3.63, 3.8) is 0 Å². The molecule has 0 bridgehead atoms. The number of allylic oxidation sites excluding steroid dienone is 2. The Morgan fingerprint density at radius 1 is 0.884 bits per heavy atom. The van der Waals surface area contributed by atoms with E-state index in [2.05, 4.69) is 43.3 Å². The van der Waals surface area contributed by atoms with Crippen molar-refractivity contribution in [1.29, 1.82) is 0 Å². The maximum atomic E-state index is 13.3. The van der Waals surface area contributed by atoms with Crippen LogP contribution in [0.5, 0.6) is 0 Å². The Morgan fingerprint density at radius 3 is 1.91 bits per heavy atom. The van der Waals surface area contributed by atoms with Crippen molar-refractivity contribution < 1.29 is 28.1 Å². The van der Waals surface area contributed by atoms with E-state index in [9.17, 15) is 14.2 Å². The minimum absolute atomic E-state index is 0.0102. The fourth-order valence-corrected chi connectivity index (χ4v) is 10.3. The van der Waals surface area contributed by atoms with Crippen LogP contribution in [-0.4, -0.2) is 69.0 Å². The molecule has 0 aromatic rings. The van der Waals surface area contributed by atoms with Crippen LogP contribution in [0.2, 0.25) is 19.1 Å². The zero-order valence-electron chi connectivity index (χ0n) is 28.6. The summed E-state index contributed by atoms with van der Waals surface area (Å²) in [7, 11) is -2.12. The normalized spacial score (nSPS) is 23.7. The number of ether oxygens (including phenoxy) is 2. The number of aliphatic hydroxyl groups excluding tert-OH is 1. The van der Waals surface area contributed by atoms with Crippen molar-refractivity contribution >= 4 is 31.0 Å². The van der Waals surface area contributed by atoms with Crippen molar-refractivity contribution in [3.05, 3.63) is 24.7 Å². The summed E-state index contributed by atoms with van der Waals surface area (Å²) >= 11 is -2.50. The Bertz CT molecular complexity index is 882. The first kappa shape index (κ1) is 38.9. The molecule has 1 unspecified atom stereocenters. The van der Waals surface area contributed by atoms with Gasteiger partial charge in [-0.15, -0.1) is 9.44 Å². The monoisotopic (exact) mass is 662 g/mol. The lowest BCUT2D eigenvalue weighted by Crippen LogP contribution is -2.53. The first-order valence-electron chi connectivity index (χ1n) is 16.1. The highest BCUT2D eigenvalue weighted by atomic mass is 32.2. The number of hydrogen-bond acceptors (Lipinski definition) is 8. The second kappa shape index (κ2) is 17.1. The van der Waals surface area contributed by atoms with Crippen LogP contribution >= 0.6 is 0 Å². The second-order valence-corrected chi connectivity index (χ2v) is 23.4. The summed E-state index contributed by atoms with van der Waals surface area (Å²) in [5.74, 6) is 0. The molecular formula is C32H62N2O6S2Si. The van der Waals surface area contributed by atoms with Crippen LogP contribution in [-0.2, 0) is 36.6 Å². The van der Waals surface area contributed by atoms with Gasteiger partial charge in [0, 0.05) is 28.8 Å². The van der Waals surface area contributed by atoms with E-state index >= 15 is 0 Å². The van der Waals surface area contributed by atoms with E-state index in [1.165, 1.54) is 0 Å². The Labute approximate surface area is 270 Å². The largest absolute Gasteiger partial charge is 0.598 e. The quantitative estimate of drug-likeness (QED) is 0.114. The number of rotatable bonds is 18. The Hall–Kier alpha value is -0.243. The van der Waals surface area contributed by atoms with Crippen LogP contribution in [0.3, 0.4) is 0 Å². The molecule has 43 heavy (non-hydrogen) atoms. The SMILES string of the molecule is CC(CCC(C)(C)CCC(C)(C)[S@@+]([O-])N[C@H](CO)[C@@H]1CCC=CO1)O[Si](C)(C)C[C@@H](N[S@+]([O-])C(C)(C)C)[C@@H]1CCC=CO1. The van der Waals surface area contributed by atoms with Gasteiger partial charge in [0.2, 0.25) is 0 Å². The first-order chi connectivity index (χ1) is 19.8. The summed E-state index contributed by atoms with van der Waals surface area (Å²) in [6, 6.07) is 0.442. The molecule has 252 valence electrons. The van der Waals surface area contributed by atoms with E-state index in [0.29, 0.717) is 0 Å². The lowest BCUT2D eigenvalue weighted by molar-refractivity contribution is 0.0681. The predicted octanol–water partition coefficient (Wildman–Crippen LogP) is 6.38. The average Bonchev–Trinajstić information content (AvgIpc) is 2.93. The molecule has 0 radical (unpaired) electrons. The molecule has 3 N–H and O–H groups in total. The molecule has 0 fully saturated rings. The van der Waals surface area contributed by atoms with Gasteiger partial charge in [-0.2, -0.15) is 0 Å². The highest BCUT2D eigenvalue weighted by Crippen LogP contribution is 2.35. The van der Waals surface area contributed by atoms with Crippen molar-refractivity contribution in [1.82, 2.24) is 9.44 Å². The Morgan fingerprint density at radius 2 is 1.42 bits per heavy atom. The average molecular weight is 663 g/mol. The topological polar surface area (TPSA) is 118 Å². The minimum atomic E-state index is -2.12. The van der Waals surface area contributed by atoms with E-state index in [1.807, 2.05) is 46.8 Å². The second-order valence-electron chi connectivity index (χ2n) is 15.4. The Kier molecular flexibility index (Phi) is 15.5. The number of hydrogen-bond donors (Lipinski definition) is 3. The molecule has 8 nitrogen and oxygen atoms in total. The van der Waals surface area contributed by atoms with Crippen LogP contribution in [0.1, 0.15) is 107 Å². The third kappa shape index (κ3) is 14.0. The van der Waals surface area contributed by atoms with Gasteiger partial charge in [0.05, 0.1) is 25.2 Å². The van der Waals surface area contributed by atoms with Gasteiger partial charge in [-0.25, -0.2) is 0 Å². The van der Waals surface area contributed by atoms with Crippen LogP contribution < -0.4 is 9.44 Å². The lowest BCUT2D eigenvalue weighted by atomic mass is 9.80. The van der Waals surface area contributed by atoms with Crippen LogP contribution in [0.15, 0.2) is 24.7 Å². The van der Waals surface area contributed by atoms with E-state index in [1.54, 1.807) is 12.5 Å². The maximum absolute atomic E-state index is 13.3. The molecule has 2 aliphatic rings. The summed E-state index contributed by atoms with van der Waals surface area (Å²) in [6.07, 6.45) is 14.7. The van der Waals surface area contributed by atoms with Gasteiger partial charge in [0.1, 0.15) is 27.7 Å². The zero-order valence-corrected chi connectivity index (χ0v) is 31.2. The molecule has 0 saturated heterocycles. The molecule has 0 aromatic heterocycles. The fraction of sp³-hybridized carbons (Fsp3) is 0.875. The molecule has 2 rings (SSSR count). The van der Waals surface area contributed by atoms with E-state index in [4.69, 9.17) is 13.9 Å². The molecule has 0 aromatic carbocycles. The molecule has 2 heterocycles. The van der Waals surface area contributed by atoms with Crippen LogP contribution in [0, 0.1) is 5.41 Å². The highest BCUT2D eigenvalue weighted by molar-refractivity contribution is 7.91. The van der Waals surface area contributed by atoms with Crippen molar-refractivity contribution in [2.45, 2.75) is 166 Å². The molecule has 0 saturated carbocycles. The zero-order chi connectivity index (χ0) is 32.5. The van der Waals surface area contributed by atoms with Crippen molar-refractivity contribution in [3.8, 4) is 0 Å². The third-order valence-corrected chi connectivity index (χ3v) is 14.3.